The van der Waals surface area contributed by atoms with Gasteiger partial charge in [-0.05, 0) is 42.3 Å². The van der Waals surface area contributed by atoms with Crippen LogP contribution in [-0.4, -0.2) is 30.9 Å². The molecule has 3 aromatic rings. The molecule has 0 saturated carbocycles. The minimum atomic E-state index is -4.76. The predicted molar refractivity (Wildman–Crippen MR) is 99.4 cm³/mol. The number of aromatic nitrogens is 1. The van der Waals surface area contributed by atoms with Crippen LogP contribution >= 0.6 is 0 Å². The molecule has 0 fully saturated rings. The van der Waals surface area contributed by atoms with Crippen LogP contribution in [0.15, 0.2) is 42.5 Å². The zero-order chi connectivity index (χ0) is 20.3. The highest BCUT2D eigenvalue weighted by molar-refractivity contribution is 5.92. The SMILES string of the molecule is COc1ccc2[nH]c(-c3cccc(OC(F)(F)F)c3)c(CCNC(C)=O)c2c1. The van der Waals surface area contributed by atoms with Gasteiger partial charge >= 0.3 is 6.36 Å². The van der Waals surface area contributed by atoms with Crippen molar-refractivity contribution in [2.24, 2.45) is 0 Å². The first-order chi connectivity index (χ1) is 13.3. The maximum atomic E-state index is 12.6. The number of hydrogen-bond acceptors (Lipinski definition) is 3. The molecule has 0 aliphatic heterocycles. The molecule has 8 heteroatoms. The number of ether oxygens (including phenoxy) is 2. The summed E-state index contributed by atoms with van der Waals surface area (Å²) in [7, 11) is 1.56. The van der Waals surface area contributed by atoms with Gasteiger partial charge in [0, 0.05) is 35.6 Å². The lowest BCUT2D eigenvalue weighted by Crippen LogP contribution is -2.22. The normalized spacial score (nSPS) is 11.5. The van der Waals surface area contributed by atoms with E-state index in [0.29, 0.717) is 30.0 Å². The van der Waals surface area contributed by atoms with Crippen LogP contribution in [0.3, 0.4) is 0 Å². The number of amides is 1. The third-order valence-electron chi connectivity index (χ3n) is 4.22. The van der Waals surface area contributed by atoms with Crippen molar-refractivity contribution in [1.82, 2.24) is 10.3 Å². The smallest absolute Gasteiger partial charge is 0.497 e. The second-order valence-corrected chi connectivity index (χ2v) is 6.20. The van der Waals surface area contributed by atoms with Crippen molar-refractivity contribution in [2.45, 2.75) is 19.7 Å². The Balaban J connectivity index is 2.06. The highest BCUT2D eigenvalue weighted by Crippen LogP contribution is 2.35. The van der Waals surface area contributed by atoms with Crippen LogP contribution < -0.4 is 14.8 Å². The number of carbonyl (C=O) groups excluding carboxylic acids is 1. The van der Waals surface area contributed by atoms with Crippen molar-refractivity contribution in [3.63, 3.8) is 0 Å². The van der Waals surface area contributed by atoms with E-state index < -0.39 is 6.36 Å². The van der Waals surface area contributed by atoms with Crippen LogP contribution in [-0.2, 0) is 11.2 Å². The van der Waals surface area contributed by atoms with Crippen molar-refractivity contribution < 1.29 is 27.4 Å². The average Bonchev–Trinajstić information content (AvgIpc) is 2.98. The van der Waals surface area contributed by atoms with Crippen LogP contribution in [0.5, 0.6) is 11.5 Å². The van der Waals surface area contributed by atoms with E-state index in [1.165, 1.54) is 25.1 Å². The zero-order valence-electron chi connectivity index (χ0n) is 15.3. The second-order valence-electron chi connectivity index (χ2n) is 6.20. The summed E-state index contributed by atoms with van der Waals surface area (Å²) in [5.41, 5.74) is 2.90. The summed E-state index contributed by atoms with van der Waals surface area (Å²) in [5.74, 6) is 0.210. The fourth-order valence-electron chi connectivity index (χ4n) is 3.07. The Morgan fingerprint density at radius 1 is 1.14 bits per heavy atom. The molecule has 0 saturated heterocycles. The zero-order valence-corrected chi connectivity index (χ0v) is 15.3. The molecule has 5 nitrogen and oxygen atoms in total. The van der Waals surface area contributed by atoms with Gasteiger partial charge in [0.05, 0.1) is 7.11 Å². The van der Waals surface area contributed by atoms with E-state index in [1.807, 2.05) is 12.1 Å². The number of fused-ring (bicyclic) bond motifs is 1. The van der Waals surface area contributed by atoms with Crippen molar-refractivity contribution >= 4 is 16.8 Å². The molecule has 2 aromatic carbocycles. The van der Waals surface area contributed by atoms with E-state index in [9.17, 15) is 18.0 Å². The Hall–Kier alpha value is -3.16. The van der Waals surface area contributed by atoms with Gasteiger partial charge in [-0.1, -0.05) is 12.1 Å². The van der Waals surface area contributed by atoms with Crippen LogP contribution in [0.25, 0.3) is 22.2 Å². The first kappa shape index (κ1) is 19.6. The van der Waals surface area contributed by atoms with Crippen molar-refractivity contribution in [2.75, 3.05) is 13.7 Å². The summed E-state index contributed by atoms with van der Waals surface area (Å²) >= 11 is 0. The van der Waals surface area contributed by atoms with Crippen LogP contribution in [0.4, 0.5) is 13.2 Å². The maximum absolute atomic E-state index is 12.6. The van der Waals surface area contributed by atoms with Crippen molar-refractivity contribution in [3.05, 3.63) is 48.0 Å². The van der Waals surface area contributed by atoms with Gasteiger partial charge < -0.3 is 19.8 Å². The van der Waals surface area contributed by atoms with Crippen LogP contribution in [0, 0.1) is 0 Å². The van der Waals surface area contributed by atoms with Crippen molar-refractivity contribution in [1.29, 1.82) is 0 Å². The summed E-state index contributed by atoms with van der Waals surface area (Å²) < 4.78 is 47.0. The Morgan fingerprint density at radius 3 is 2.61 bits per heavy atom. The molecule has 1 heterocycles. The third kappa shape index (κ3) is 4.57. The molecule has 0 spiro atoms. The molecule has 0 atom stereocenters. The minimum Gasteiger partial charge on any atom is -0.497 e. The van der Waals surface area contributed by atoms with Crippen LogP contribution in [0.2, 0.25) is 0 Å². The molecule has 0 aliphatic carbocycles. The number of H-pyrrole nitrogens is 1. The first-order valence-corrected chi connectivity index (χ1v) is 8.56. The Labute approximate surface area is 159 Å². The number of methoxy groups -OCH3 is 1. The molecule has 2 N–H and O–H groups in total. The molecule has 28 heavy (non-hydrogen) atoms. The molecule has 0 radical (unpaired) electrons. The average molecular weight is 392 g/mol. The highest BCUT2D eigenvalue weighted by atomic mass is 19.4. The second kappa shape index (κ2) is 7.84. The van der Waals surface area contributed by atoms with E-state index in [4.69, 9.17) is 4.74 Å². The van der Waals surface area contributed by atoms with Crippen LogP contribution in [0.1, 0.15) is 12.5 Å². The highest BCUT2D eigenvalue weighted by Gasteiger charge is 2.31. The lowest BCUT2D eigenvalue weighted by atomic mass is 10.0. The van der Waals surface area contributed by atoms with Gasteiger partial charge in [0.1, 0.15) is 11.5 Å². The minimum absolute atomic E-state index is 0.153. The predicted octanol–water partition coefficient (Wildman–Crippen LogP) is 4.42. The molecule has 3 rings (SSSR count). The Morgan fingerprint density at radius 2 is 1.93 bits per heavy atom. The maximum Gasteiger partial charge on any atom is 0.573 e. The number of nitrogens with one attached hydrogen (secondary N) is 2. The summed E-state index contributed by atoms with van der Waals surface area (Å²) in [5, 5.41) is 3.62. The van der Waals surface area contributed by atoms with E-state index in [1.54, 1.807) is 19.2 Å². The van der Waals surface area contributed by atoms with E-state index in [-0.39, 0.29) is 11.7 Å². The third-order valence-corrected chi connectivity index (χ3v) is 4.22. The fourth-order valence-corrected chi connectivity index (χ4v) is 3.07. The molecule has 148 valence electrons. The van der Waals surface area contributed by atoms with Gasteiger partial charge in [-0.2, -0.15) is 0 Å². The molecular formula is C20H19F3N2O3. The monoisotopic (exact) mass is 392 g/mol. The van der Waals surface area contributed by atoms with Gasteiger partial charge in [0.2, 0.25) is 5.91 Å². The number of hydrogen-bond donors (Lipinski definition) is 2. The summed E-state index contributed by atoms with van der Waals surface area (Å²) in [6.07, 6.45) is -4.27. The topological polar surface area (TPSA) is 63.4 Å². The fraction of sp³-hybridized carbons (Fsp3) is 0.250. The number of alkyl halides is 3. The molecule has 0 aliphatic rings. The number of halogens is 3. The summed E-state index contributed by atoms with van der Waals surface area (Å²) in [6.45, 7) is 1.82. The molecule has 0 unspecified atom stereocenters. The Bertz CT molecular complexity index is 996. The lowest BCUT2D eigenvalue weighted by Gasteiger charge is -2.11. The quantitative estimate of drug-likeness (QED) is 0.653. The van der Waals surface area contributed by atoms with E-state index in [0.717, 1.165) is 16.5 Å². The molecule has 1 aromatic heterocycles. The largest absolute Gasteiger partial charge is 0.573 e. The van der Waals surface area contributed by atoms with E-state index in [2.05, 4.69) is 15.0 Å². The number of benzene rings is 2. The van der Waals surface area contributed by atoms with Crippen molar-refractivity contribution in [3.8, 4) is 22.8 Å². The van der Waals surface area contributed by atoms with Gasteiger partial charge in [0.25, 0.3) is 0 Å². The van der Waals surface area contributed by atoms with E-state index >= 15 is 0 Å². The molecular weight excluding hydrogens is 373 g/mol. The van der Waals surface area contributed by atoms with Gasteiger partial charge in [-0.3, -0.25) is 4.79 Å². The molecule has 1 amide bonds. The number of carbonyl (C=O) groups is 1. The van der Waals surface area contributed by atoms with Gasteiger partial charge in [0.15, 0.2) is 0 Å². The summed E-state index contributed by atoms with van der Waals surface area (Å²) in [4.78, 5) is 14.5. The number of aromatic amines is 1. The number of rotatable bonds is 6. The van der Waals surface area contributed by atoms with Gasteiger partial charge in [-0.25, -0.2) is 0 Å². The molecule has 0 bridgehead atoms. The first-order valence-electron chi connectivity index (χ1n) is 8.56. The van der Waals surface area contributed by atoms with Gasteiger partial charge in [-0.15, -0.1) is 13.2 Å². The lowest BCUT2D eigenvalue weighted by molar-refractivity contribution is -0.274. The standard InChI is InChI=1S/C20H19F3N2O3/c1-12(26)24-9-8-16-17-11-14(27-2)6-7-18(17)25-19(16)13-4-3-5-15(10-13)28-20(21,22)23/h3-7,10-11,25H,8-9H2,1-2H3,(H,24,26). The summed E-state index contributed by atoms with van der Waals surface area (Å²) in [6, 6.07) is 11.3. The Kier molecular flexibility index (Phi) is 5.48.